The molecule has 1 saturated carbocycles. The zero-order valence-electron chi connectivity index (χ0n) is 9.13. The number of aromatic nitrogens is 1. The highest BCUT2D eigenvalue weighted by Gasteiger charge is 2.16. The molecule has 2 aliphatic carbocycles. The Morgan fingerprint density at radius 3 is 2.87 bits per heavy atom. The van der Waals surface area contributed by atoms with Crippen molar-refractivity contribution in [1.82, 2.24) is 4.98 Å². The van der Waals surface area contributed by atoms with E-state index in [1.165, 1.54) is 61.9 Å². The quantitative estimate of drug-likeness (QED) is 0.797. The molecule has 0 aromatic carbocycles. The van der Waals surface area contributed by atoms with E-state index in [0.29, 0.717) is 6.04 Å². The predicted octanol–water partition coefficient (Wildman–Crippen LogP) is 2.92. The third-order valence-electron chi connectivity index (χ3n) is 3.65. The molecule has 1 fully saturated rings. The summed E-state index contributed by atoms with van der Waals surface area (Å²) in [7, 11) is 0. The Bertz CT molecular complexity index is 354. The normalized spacial score (nSPS) is 20.5. The van der Waals surface area contributed by atoms with Crippen molar-refractivity contribution >= 4 is 5.69 Å². The maximum Gasteiger partial charge on any atom is 0.0531 e. The van der Waals surface area contributed by atoms with Gasteiger partial charge in [-0.2, -0.15) is 0 Å². The number of anilines is 1. The number of aryl methyl sites for hydroxylation is 2. The van der Waals surface area contributed by atoms with Crippen molar-refractivity contribution in [3.8, 4) is 0 Å². The lowest BCUT2D eigenvalue weighted by Crippen LogP contribution is -2.14. The molecule has 2 nitrogen and oxygen atoms in total. The fraction of sp³-hybridized carbons (Fsp3) is 0.615. The van der Waals surface area contributed by atoms with Gasteiger partial charge in [-0.3, -0.25) is 4.98 Å². The molecule has 0 aliphatic heterocycles. The fourth-order valence-electron chi connectivity index (χ4n) is 2.81. The van der Waals surface area contributed by atoms with Crippen LogP contribution in [0.2, 0.25) is 0 Å². The number of fused-ring (bicyclic) bond motifs is 1. The molecule has 0 bridgehead atoms. The van der Waals surface area contributed by atoms with E-state index in [-0.39, 0.29) is 0 Å². The van der Waals surface area contributed by atoms with Crippen molar-refractivity contribution in [2.24, 2.45) is 0 Å². The van der Waals surface area contributed by atoms with E-state index in [1.54, 1.807) is 0 Å². The Hall–Kier alpha value is -1.05. The summed E-state index contributed by atoms with van der Waals surface area (Å²) >= 11 is 0. The average Bonchev–Trinajstić information content (AvgIpc) is 2.87. The average molecular weight is 202 g/mol. The van der Waals surface area contributed by atoms with Crippen LogP contribution < -0.4 is 5.32 Å². The second-order valence-electron chi connectivity index (χ2n) is 4.81. The molecule has 1 N–H and O–H groups in total. The van der Waals surface area contributed by atoms with E-state index < -0.39 is 0 Å². The van der Waals surface area contributed by atoms with Gasteiger partial charge < -0.3 is 5.32 Å². The molecule has 2 heteroatoms. The largest absolute Gasteiger partial charge is 0.381 e. The monoisotopic (exact) mass is 202 g/mol. The van der Waals surface area contributed by atoms with Gasteiger partial charge in [-0.25, -0.2) is 0 Å². The van der Waals surface area contributed by atoms with Gasteiger partial charge in [0.15, 0.2) is 0 Å². The Balaban J connectivity index is 1.75. The van der Waals surface area contributed by atoms with E-state index in [4.69, 9.17) is 0 Å². The Kier molecular flexibility index (Phi) is 2.35. The van der Waals surface area contributed by atoms with E-state index in [9.17, 15) is 0 Å². The molecule has 1 aromatic heterocycles. The lowest BCUT2D eigenvalue weighted by molar-refractivity contribution is 0.754. The molecule has 80 valence electrons. The second-order valence-corrected chi connectivity index (χ2v) is 4.81. The van der Waals surface area contributed by atoms with Gasteiger partial charge in [0.05, 0.1) is 11.9 Å². The summed E-state index contributed by atoms with van der Waals surface area (Å²) in [5.74, 6) is 0. The van der Waals surface area contributed by atoms with Gasteiger partial charge >= 0.3 is 0 Å². The van der Waals surface area contributed by atoms with Crippen LogP contribution in [0.1, 0.15) is 43.4 Å². The summed E-state index contributed by atoms with van der Waals surface area (Å²) in [6.07, 6.45) is 11.1. The molecule has 0 unspecified atom stereocenters. The van der Waals surface area contributed by atoms with Gasteiger partial charge in [-0.15, -0.1) is 0 Å². The van der Waals surface area contributed by atoms with Gasteiger partial charge in [0.2, 0.25) is 0 Å². The van der Waals surface area contributed by atoms with Gasteiger partial charge in [-0.05, 0) is 43.7 Å². The summed E-state index contributed by atoms with van der Waals surface area (Å²) in [6.45, 7) is 0. The number of pyridine rings is 1. The fourth-order valence-corrected chi connectivity index (χ4v) is 2.81. The Labute approximate surface area is 91.1 Å². The summed E-state index contributed by atoms with van der Waals surface area (Å²) in [4.78, 5) is 4.54. The second kappa shape index (κ2) is 3.84. The van der Waals surface area contributed by atoms with Crippen LogP contribution in [-0.4, -0.2) is 11.0 Å². The van der Waals surface area contributed by atoms with Crippen LogP contribution in [0, 0.1) is 0 Å². The van der Waals surface area contributed by atoms with Crippen molar-refractivity contribution < 1.29 is 0 Å². The summed E-state index contributed by atoms with van der Waals surface area (Å²) in [6, 6.07) is 3.01. The van der Waals surface area contributed by atoms with Crippen LogP contribution >= 0.6 is 0 Å². The number of hydrogen-bond donors (Lipinski definition) is 1. The zero-order chi connectivity index (χ0) is 10.1. The van der Waals surface area contributed by atoms with Crippen LogP contribution in [0.25, 0.3) is 0 Å². The first-order valence-corrected chi connectivity index (χ1v) is 6.16. The highest BCUT2D eigenvalue weighted by molar-refractivity contribution is 5.47. The lowest BCUT2D eigenvalue weighted by Gasteiger charge is -2.13. The third-order valence-corrected chi connectivity index (χ3v) is 3.65. The molecule has 0 amide bonds. The van der Waals surface area contributed by atoms with Crippen LogP contribution in [0.15, 0.2) is 12.3 Å². The maximum absolute atomic E-state index is 4.54. The van der Waals surface area contributed by atoms with Crippen LogP contribution in [0.3, 0.4) is 0 Å². The van der Waals surface area contributed by atoms with Crippen molar-refractivity contribution in [3.05, 3.63) is 23.5 Å². The molecule has 0 saturated heterocycles. The van der Waals surface area contributed by atoms with E-state index in [1.807, 2.05) is 6.20 Å². The van der Waals surface area contributed by atoms with Crippen LogP contribution in [-0.2, 0) is 12.8 Å². The first-order valence-electron chi connectivity index (χ1n) is 6.16. The summed E-state index contributed by atoms with van der Waals surface area (Å²) in [5.41, 5.74) is 4.03. The van der Waals surface area contributed by atoms with Crippen molar-refractivity contribution in [2.75, 3.05) is 5.32 Å². The highest BCUT2D eigenvalue weighted by atomic mass is 14.9. The lowest BCUT2D eigenvalue weighted by atomic mass is 10.2. The van der Waals surface area contributed by atoms with Gasteiger partial charge in [-0.1, -0.05) is 12.8 Å². The molecule has 0 spiro atoms. The van der Waals surface area contributed by atoms with Gasteiger partial charge in [0.1, 0.15) is 0 Å². The number of hydrogen-bond acceptors (Lipinski definition) is 2. The van der Waals surface area contributed by atoms with Gasteiger partial charge in [0, 0.05) is 11.7 Å². The van der Waals surface area contributed by atoms with E-state index >= 15 is 0 Å². The zero-order valence-corrected chi connectivity index (χ0v) is 9.13. The standard InChI is InChI=1S/C13H18N2/c1-2-6-11(5-1)15-12-8-10-4-3-7-13(10)14-9-12/h8-9,11,15H,1-7H2. The molecule has 0 radical (unpaired) electrons. The minimum absolute atomic E-state index is 0.700. The molecular formula is C13H18N2. The molecule has 15 heavy (non-hydrogen) atoms. The molecule has 1 aromatic rings. The number of rotatable bonds is 2. The maximum atomic E-state index is 4.54. The third kappa shape index (κ3) is 1.85. The van der Waals surface area contributed by atoms with Crippen molar-refractivity contribution in [2.45, 2.75) is 51.0 Å². The summed E-state index contributed by atoms with van der Waals surface area (Å²) in [5, 5.41) is 3.61. The van der Waals surface area contributed by atoms with Crippen LogP contribution in [0.4, 0.5) is 5.69 Å². The SMILES string of the molecule is c1nc2c(cc1NC1CCCC1)CCC2. The predicted molar refractivity (Wildman–Crippen MR) is 62.1 cm³/mol. The topological polar surface area (TPSA) is 24.9 Å². The first-order chi connectivity index (χ1) is 7.42. The van der Waals surface area contributed by atoms with Crippen molar-refractivity contribution in [1.29, 1.82) is 0 Å². The smallest absolute Gasteiger partial charge is 0.0531 e. The molecular weight excluding hydrogens is 184 g/mol. The minimum Gasteiger partial charge on any atom is -0.381 e. The van der Waals surface area contributed by atoms with E-state index in [0.717, 1.165) is 0 Å². The first kappa shape index (κ1) is 9.20. The van der Waals surface area contributed by atoms with E-state index in [2.05, 4.69) is 16.4 Å². The Morgan fingerprint density at radius 2 is 2.00 bits per heavy atom. The van der Waals surface area contributed by atoms with Crippen LogP contribution in [0.5, 0.6) is 0 Å². The number of nitrogens with one attached hydrogen (secondary N) is 1. The minimum atomic E-state index is 0.700. The summed E-state index contributed by atoms with van der Waals surface area (Å²) < 4.78 is 0. The van der Waals surface area contributed by atoms with Gasteiger partial charge in [0.25, 0.3) is 0 Å². The number of nitrogens with zero attached hydrogens (tertiary/aromatic N) is 1. The molecule has 0 atom stereocenters. The molecule has 2 aliphatic rings. The Morgan fingerprint density at radius 1 is 1.13 bits per heavy atom. The molecule has 3 rings (SSSR count). The van der Waals surface area contributed by atoms with Crippen molar-refractivity contribution in [3.63, 3.8) is 0 Å². The molecule has 1 heterocycles. The highest BCUT2D eigenvalue weighted by Crippen LogP contribution is 2.25.